The Balaban J connectivity index is 1.29. The highest BCUT2D eigenvalue weighted by atomic mass is 16.7. The topological polar surface area (TPSA) is 300 Å². The fourth-order valence-corrected chi connectivity index (χ4v) is 5.75. The number of esters is 1. The zero-order valence-corrected chi connectivity index (χ0v) is 27.9. The number of carbonyl (C=O) groups excluding carboxylic acids is 1. The third kappa shape index (κ3) is 8.11. The van der Waals surface area contributed by atoms with Gasteiger partial charge in [-0.05, 0) is 54.1 Å². The van der Waals surface area contributed by atoms with Gasteiger partial charge in [-0.1, -0.05) is 6.07 Å². The van der Waals surface area contributed by atoms with E-state index in [0.717, 1.165) is 18.2 Å². The lowest BCUT2D eigenvalue weighted by Crippen LogP contribution is -2.60. The minimum atomic E-state index is -1.88. The van der Waals surface area contributed by atoms with Crippen molar-refractivity contribution in [2.45, 2.75) is 61.4 Å². The highest BCUT2D eigenvalue weighted by Crippen LogP contribution is 2.43. The van der Waals surface area contributed by atoms with Crippen molar-refractivity contribution in [3.63, 3.8) is 0 Å². The summed E-state index contributed by atoms with van der Waals surface area (Å²) in [4.78, 5) is 23.0. The summed E-state index contributed by atoms with van der Waals surface area (Å²) in [6, 6.07) is 12.9. The molecule has 1 aliphatic carbocycles. The molecule has 11 N–H and O–H groups in total. The zero-order chi connectivity index (χ0) is 38.8. The van der Waals surface area contributed by atoms with E-state index in [0.29, 0.717) is 5.56 Å². The van der Waals surface area contributed by atoms with Crippen LogP contribution in [0.15, 0.2) is 76.0 Å². The van der Waals surface area contributed by atoms with Gasteiger partial charge in [-0.15, -0.1) is 0 Å². The van der Waals surface area contributed by atoms with Crippen LogP contribution in [0.25, 0.3) is 28.7 Å². The second kappa shape index (κ2) is 16.0. The van der Waals surface area contributed by atoms with Gasteiger partial charge >= 0.3 is 5.97 Å². The first-order valence-electron chi connectivity index (χ1n) is 16.4. The Bertz CT molecular complexity index is 1990. The summed E-state index contributed by atoms with van der Waals surface area (Å²) >= 11 is 0. The van der Waals surface area contributed by atoms with E-state index < -0.39 is 91.8 Å². The summed E-state index contributed by atoms with van der Waals surface area (Å²) in [5, 5.41) is 102. The van der Waals surface area contributed by atoms with Gasteiger partial charge in [-0.25, -0.2) is 0 Å². The maximum absolute atomic E-state index is 12.8. The van der Waals surface area contributed by atoms with Crippen molar-refractivity contribution >= 4 is 12.0 Å². The van der Waals surface area contributed by atoms with Gasteiger partial charge in [0.05, 0.1) is 18.2 Å². The molecule has 0 saturated carbocycles. The van der Waals surface area contributed by atoms with E-state index in [2.05, 4.69) is 0 Å². The van der Waals surface area contributed by atoms with Crippen LogP contribution in [0.1, 0.15) is 5.56 Å². The Hall–Kier alpha value is -5.28. The van der Waals surface area contributed by atoms with Crippen LogP contribution in [0.4, 0.5) is 0 Å². The van der Waals surface area contributed by atoms with Crippen molar-refractivity contribution in [1.29, 1.82) is 0 Å². The van der Waals surface area contributed by atoms with E-state index in [1.165, 1.54) is 54.6 Å². The number of phenolic OH excluding ortho intramolecular Hbond substituents is 3. The van der Waals surface area contributed by atoms with Crippen LogP contribution in [-0.2, 0) is 14.2 Å². The second-order valence-corrected chi connectivity index (χ2v) is 12.5. The van der Waals surface area contributed by atoms with Gasteiger partial charge in [0.1, 0.15) is 60.0 Å². The lowest BCUT2D eigenvalue weighted by molar-refractivity contribution is -0.277. The average Bonchev–Trinajstić information content (AvgIpc) is 3.15. The van der Waals surface area contributed by atoms with Crippen LogP contribution >= 0.6 is 0 Å². The first-order chi connectivity index (χ1) is 25.7. The smallest absolute Gasteiger partial charge is 0.508 e. The van der Waals surface area contributed by atoms with E-state index in [1.54, 1.807) is 0 Å². The van der Waals surface area contributed by atoms with Crippen molar-refractivity contribution in [3.8, 4) is 51.4 Å². The van der Waals surface area contributed by atoms with Gasteiger partial charge in [-0.2, -0.15) is 0 Å². The number of hydrogen-bond acceptors (Lipinski definition) is 17. The molecule has 2 aromatic rings. The summed E-state index contributed by atoms with van der Waals surface area (Å²) in [5.74, 6) is -2.13. The molecule has 0 unspecified atom stereocenters. The molecule has 10 atom stereocenters. The van der Waals surface area contributed by atoms with Gasteiger partial charge in [-0.3, -0.25) is 4.79 Å². The summed E-state index contributed by atoms with van der Waals surface area (Å²) in [5.41, 5.74) is 0.0673. The summed E-state index contributed by atoms with van der Waals surface area (Å²) in [6.07, 6.45) is -14.5. The molecular weight excluding hydrogens is 720 g/mol. The van der Waals surface area contributed by atoms with Gasteiger partial charge < -0.3 is 84.0 Å². The Morgan fingerprint density at radius 3 is 2.00 bits per heavy atom. The molecule has 54 heavy (non-hydrogen) atoms. The molecule has 3 heterocycles. The molecule has 288 valence electrons. The Kier molecular flexibility index (Phi) is 11.4. The average molecular weight is 758 g/mol. The van der Waals surface area contributed by atoms with Crippen molar-refractivity contribution in [3.05, 3.63) is 82.5 Å². The first kappa shape index (κ1) is 38.4. The van der Waals surface area contributed by atoms with Crippen LogP contribution in [0.3, 0.4) is 0 Å². The monoisotopic (exact) mass is 757 g/mol. The lowest BCUT2D eigenvalue weighted by atomic mass is 9.99. The van der Waals surface area contributed by atoms with E-state index in [4.69, 9.17) is 28.1 Å². The standard InChI is InChI=1S/C36H36O18/c37-13-25-28(43)30(45)32(47)35(53-25)51-23-11-18(39)10-22-19(23)12-24(34(50-22)16-3-5-17(38)6-4-16)52-36-33(48)31(46)29(44)26(54-36)14-49-27(42)8-2-15-1-7-20(40)21(41)9-15/h1-12,25-26,28-33,35-38,40-41,43-48H,13-14H2/p+1/t25-,26-,28-,29-,30+,31+,32-,33-,35-,36-/m1/s1. The first-order valence-corrected chi connectivity index (χ1v) is 16.4. The third-order valence-corrected chi connectivity index (χ3v) is 8.73. The Labute approximate surface area is 304 Å². The molecule has 0 radical (unpaired) electrons. The molecule has 0 bridgehead atoms. The molecule has 18 nitrogen and oxygen atoms in total. The van der Waals surface area contributed by atoms with Crippen LogP contribution < -0.4 is 14.9 Å². The fraction of sp³-hybridized carbons (Fsp3) is 0.333. The normalized spacial score (nSPS) is 28.6. The largest absolute Gasteiger partial charge is 0.510 e. The Morgan fingerprint density at radius 1 is 0.722 bits per heavy atom. The molecule has 6 rings (SSSR count). The van der Waals surface area contributed by atoms with Crippen molar-refractivity contribution in [2.75, 3.05) is 13.2 Å². The van der Waals surface area contributed by atoms with Crippen LogP contribution in [0, 0.1) is 0 Å². The van der Waals surface area contributed by atoms with Crippen LogP contribution in [0.2, 0.25) is 0 Å². The number of ether oxygens (including phenoxy) is 5. The number of aliphatic hydroxyl groups excluding tert-OH is 7. The SMILES string of the molecule is O=c1cc2oc(-c3ccc(O)cc3)c(O[C@@H]3O[C@H](COC(=[OH+])C=Cc4ccc(O)c(O)c4)[C@@H](O)[C@H](O)[C@H]3O)cc-2c(O[C@@H]2O[C@H](CO)[C@@H](O)[C@H](O)[C@H]2O)c1. The minimum Gasteiger partial charge on any atom is -0.508 e. The maximum Gasteiger partial charge on any atom is 0.510 e. The number of aromatic hydroxyl groups is 3. The molecule has 2 fully saturated rings. The van der Waals surface area contributed by atoms with E-state index in [-0.39, 0.29) is 45.6 Å². The molecule has 2 saturated heterocycles. The maximum atomic E-state index is 12.8. The van der Waals surface area contributed by atoms with Gasteiger partial charge in [0.2, 0.25) is 19.2 Å². The molecule has 0 aromatic heterocycles. The lowest BCUT2D eigenvalue weighted by Gasteiger charge is -2.40. The van der Waals surface area contributed by atoms with Crippen molar-refractivity contribution < 1.29 is 84.0 Å². The minimum absolute atomic E-state index is 0.0168. The van der Waals surface area contributed by atoms with Crippen molar-refractivity contribution in [1.82, 2.24) is 0 Å². The van der Waals surface area contributed by atoms with E-state index in [1.807, 2.05) is 0 Å². The molecule has 0 spiro atoms. The highest BCUT2D eigenvalue weighted by molar-refractivity contribution is 5.88. The molecule has 2 aromatic carbocycles. The zero-order valence-electron chi connectivity index (χ0n) is 27.9. The third-order valence-electron chi connectivity index (χ3n) is 8.73. The highest BCUT2D eigenvalue weighted by Gasteiger charge is 2.48. The molecule has 4 aliphatic rings. The quantitative estimate of drug-likeness (QED) is 0.0407. The van der Waals surface area contributed by atoms with Gasteiger partial charge in [0.25, 0.3) is 0 Å². The number of phenols is 3. The summed E-state index contributed by atoms with van der Waals surface area (Å²) in [6.45, 7) is -1.32. The van der Waals surface area contributed by atoms with Gasteiger partial charge in [0.15, 0.2) is 34.5 Å². The van der Waals surface area contributed by atoms with E-state index >= 15 is 0 Å². The predicted molar refractivity (Wildman–Crippen MR) is 182 cm³/mol. The molecule has 3 aliphatic heterocycles. The predicted octanol–water partition coefficient (Wildman–Crippen LogP) is -0.874. The second-order valence-electron chi connectivity index (χ2n) is 12.5. The number of rotatable bonds is 10. The number of hydrogen-bond donors (Lipinski definition) is 10. The number of aliphatic hydroxyl groups is 7. The van der Waals surface area contributed by atoms with Crippen molar-refractivity contribution in [2.24, 2.45) is 0 Å². The summed E-state index contributed by atoms with van der Waals surface area (Å²) in [7, 11) is 0. The molecular formula is C36H37O18+. The summed E-state index contributed by atoms with van der Waals surface area (Å²) < 4.78 is 34.4. The van der Waals surface area contributed by atoms with Crippen LogP contribution in [-0.4, -0.2) is 136 Å². The van der Waals surface area contributed by atoms with Crippen LogP contribution in [0.5, 0.6) is 28.7 Å². The molecule has 18 heteroatoms. The fourth-order valence-electron chi connectivity index (χ4n) is 5.75. The van der Waals surface area contributed by atoms with Gasteiger partial charge in [0, 0.05) is 17.7 Å². The Morgan fingerprint density at radius 2 is 1.35 bits per heavy atom. The van der Waals surface area contributed by atoms with E-state index in [9.17, 15) is 60.7 Å². The molecule has 0 amide bonds. The number of benzene rings is 3. The number of fused-ring (bicyclic) bond motifs is 1.